The lowest BCUT2D eigenvalue weighted by Gasteiger charge is -2.32. The van der Waals surface area contributed by atoms with Crippen LogP contribution < -0.4 is 0 Å². The molecule has 1 N–H and O–H groups in total. The van der Waals surface area contributed by atoms with Gasteiger partial charge in [0.05, 0.1) is 17.3 Å². The fourth-order valence-corrected chi connectivity index (χ4v) is 3.84. The first-order chi connectivity index (χ1) is 13.6. The summed E-state index contributed by atoms with van der Waals surface area (Å²) in [5.41, 5.74) is 5.58. The minimum Gasteiger partial charge on any atom is -0.346 e. The average molecular weight is 374 g/mol. The summed E-state index contributed by atoms with van der Waals surface area (Å²) in [6, 6.07) is 6.20. The fourth-order valence-electron chi connectivity index (χ4n) is 3.84. The standard InChI is InChI=1S/C21H22N6O/c1-14-9-16-17(12-23-20(16)22-11-14)15-3-4-27-19(10-15)18(13-24-27)21(28)26-7-5-25(2)6-8-26/h3-4,9-13H,5-8H2,1-2H3,(H,22,23). The Labute approximate surface area is 162 Å². The largest absolute Gasteiger partial charge is 0.346 e. The molecule has 1 aliphatic rings. The first-order valence-corrected chi connectivity index (χ1v) is 9.49. The zero-order chi connectivity index (χ0) is 19.3. The van der Waals surface area contributed by atoms with Crippen LogP contribution in [0.15, 0.2) is 43.0 Å². The molecule has 1 amide bonds. The van der Waals surface area contributed by atoms with Crippen molar-refractivity contribution in [2.45, 2.75) is 6.92 Å². The van der Waals surface area contributed by atoms with Crippen molar-refractivity contribution in [2.75, 3.05) is 33.2 Å². The van der Waals surface area contributed by atoms with E-state index in [1.54, 1.807) is 10.7 Å². The summed E-state index contributed by atoms with van der Waals surface area (Å²) in [6.07, 6.45) is 7.42. The summed E-state index contributed by atoms with van der Waals surface area (Å²) in [7, 11) is 2.08. The predicted octanol–water partition coefficient (Wildman–Crippen LogP) is 2.57. The van der Waals surface area contributed by atoms with Crippen LogP contribution in [0.1, 0.15) is 15.9 Å². The highest BCUT2D eigenvalue weighted by Gasteiger charge is 2.23. The molecular formula is C21H22N6O. The predicted molar refractivity (Wildman–Crippen MR) is 108 cm³/mol. The third kappa shape index (κ3) is 2.75. The molecule has 0 radical (unpaired) electrons. The van der Waals surface area contributed by atoms with E-state index in [9.17, 15) is 4.79 Å². The van der Waals surface area contributed by atoms with Gasteiger partial charge in [-0.15, -0.1) is 0 Å². The smallest absolute Gasteiger partial charge is 0.257 e. The Morgan fingerprint density at radius 3 is 2.79 bits per heavy atom. The number of hydrogen-bond donors (Lipinski definition) is 1. The first kappa shape index (κ1) is 16.9. The summed E-state index contributed by atoms with van der Waals surface area (Å²) >= 11 is 0. The molecule has 4 aromatic rings. The highest BCUT2D eigenvalue weighted by atomic mass is 16.2. The van der Waals surface area contributed by atoms with Crippen LogP contribution in [-0.2, 0) is 0 Å². The second-order valence-corrected chi connectivity index (χ2v) is 7.51. The summed E-state index contributed by atoms with van der Waals surface area (Å²) in [5.74, 6) is 0.0525. The van der Waals surface area contributed by atoms with Gasteiger partial charge in [0.15, 0.2) is 0 Å². The maximum Gasteiger partial charge on any atom is 0.257 e. The molecule has 0 bridgehead atoms. The molecule has 0 spiro atoms. The van der Waals surface area contributed by atoms with Crippen LogP contribution >= 0.6 is 0 Å². The van der Waals surface area contributed by atoms with E-state index in [2.05, 4.69) is 33.1 Å². The number of nitrogens with one attached hydrogen (secondary N) is 1. The monoisotopic (exact) mass is 374 g/mol. The third-order valence-electron chi connectivity index (χ3n) is 5.52. The zero-order valence-electron chi connectivity index (χ0n) is 16.0. The van der Waals surface area contributed by atoms with Gasteiger partial charge in [-0.1, -0.05) is 0 Å². The topological polar surface area (TPSA) is 69.5 Å². The number of aryl methyl sites for hydroxylation is 1. The Morgan fingerprint density at radius 2 is 1.96 bits per heavy atom. The van der Waals surface area contributed by atoms with Crippen LogP contribution in [0.4, 0.5) is 0 Å². The Morgan fingerprint density at radius 1 is 1.14 bits per heavy atom. The number of carbonyl (C=O) groups excluding carboxylic acids is 1. The van der Waals surface area contributed by atoms with Crippen LogP contribution in [0.2, 0.25) is 0 Å². The number of aromatic amines is 1. The maximum absolute atomic E-state index is 13.1. The number of H-pyrrole nitrogens is 1. The number of aromatic nitrogens is 4. The van der Waals surface area contributed by atoms with E-state index < -0.39 is 0 Å². The molecule has 142 valence electrons. The van der Waals surface area contributed by atoms with Crippen molar-refractivity contribution < 1.29 is 4.79 Å². The Hall–Kier alpha value is -3.19. The van der Waals surface area contributed by atoms with E-state index in [1.165, 1.54) is 0 Å². The molecule has 0 aliphatic carbocycles. The number of likely N-dealkylation sites (N-methyl/N-ethyl adjacent to an activating group) is 1. The molecule has 4 aromatic heterocycles. The van der Waals surface area contributed by atoms with Crippen molar-refractivity contribution in [3.05, 3.63) is 54.1 Å². The number of amides is 1. The van der Waals surface area contributed by atoms with Crippen LogP contribution in [0.25, 0.3) is 27.7 Å². The van der Waals surface area contributed by atoms with Crippen molar-refractivity contribution in [3.8, 4) is 11.1 Å². The lowest BCUT2D eigenvalue weighted by atomic mass is 10.0. The molecule has 5 heterocycles. The molecule has 5 rings (SSSR count). The number of nitrogens with zero attached hydrogens (tertiary/aromatic N) is 5. The van der Waals surface area contributed by atoms with Crippen molar-refractivity contribution in [1.82, 2.24) is 29.4 Å². The van der Waals surface area contributed by atoms with Gasteiger partial charge < -0.3 is 14.8 Å². The van der Waals surface area contributed by atoms with Gasteiger partial charge in [0.2, 0.25) is 0 Å². The van der Waals surface area contributed by atoms with Crippen molar-refractivity contribution in [2.24, 2.45) is 0 Å². The van der Waals surface area contributed by atoms with E-state index in [4.69, 9.17) is 0 Å². The zero-order valence-corrected chi connectivity index (χ0v) is 16.0. The number of rotatable bonds is 2. The Bertz CT molecular complexity index is 1180. The van der Waals surface area contributed by atoms with Crippen LogP contribution in [0, 0.1) is 6.92 Å². The van der Waals surface area contributed by atoms with E-state index in [0.29, 0.717) is 5.56 Å². The van der Waals surface area contributed by atoms with Crippen molar-refractivity contribution in [3.63, 3.8) is 0 Å². The number of piperazine rings is 1. The molecular weight excluding hydrogens is 352 g/mol. The fraction of sp³-hybridized carbons (Fsp3) is 0.286. The SMILES string of the molecule is Cc1cnc2[nH]cc(-c3ccn4ncc(C(=O)N5CCN(C)CC5)c4c3)c2c1. The van der Waals surface area contributed by atoms with E-state index in [0.717, 1.165) is 59.4 Å². The van der Waals surface area contributed by atoms with Gasteiger partial charge in [-0.05, 0) is 43.3 Å². The molecule has 0 unspecified atom stereocenters. The summed E-state index contributed by atoms with van der Waals surface area (Å²) in [4.78, 5) is 24.9. The van der Waals surface area contributed by atoms with Crippen LogP contribution in [0.3, 0.4) is 0 Å². The molecule has 0 aromatic carbocycles. The quantitative estimate of drug-likeness (QED) is 0.585. The van der Waals surface area contributed by atoms with Crippen molar-refractivity contribution in [1.29, 1.82) is 0 Å². The Balaban J connectivity index is 1.56. The lowest BCUT2D eigenvalue weighted by Crippen LogP contribution is -2.47. The first-order valence-electron chi connectivity index (χ1n) is 9.49. The molecule has 1 fully saturated rings. The van der Waals surface area contributed by atoms with Gasteiger partial charge in [0.25, 0.3) is 5.91 Å². The minimum atomic E-state index is 0.0525. The molecule has 28 heavy (non-hydrogen) atoms. The number of carbonyl (C=O) groups is 1. The van der Waals surface area contributed by atoms with E-state index >= 15 is 0 Å². The van der Waals surface area contributed by atoms with Crippen LogP contribution in [0.5, 0.6) is 0 Å². The highest BCUT2D eigenvalue weighted by molar-refractivity contribution is 6.02. The van der Waals surface area contributed by atoms with Gasteiger partial charge >= 0.3 is 0 Å². The van der Waals surface area contributed by atoms with E-state index in [-0.39, 0.29) is 5.91 Å². The lowest BCUT2D eigenvalue weighted by molar-refractivity contribution is 0.0666. The van der Waals surface area contributed by atoms with Gasteiger partial charge in [0.1, 0.15) is 5.65 Å². The van der Waals surface area contributed by atoms with Gasteiger partial charge in [-0.25, -0.2) is 9.50 Å². The van der Waals surface area contributed by atoms with E-state index in [1.807, 2.05) is 42.5 Å². The minimum absolute atomic E-state index is 0.0525. The van der Waals surface area contributed by atoms with Gasteiger partial charge in [0, 0.05) is 55.7 Å². The van der Waals surface area contributed by atoms with Gasteiger partial charge in [-0.3, -0.25) is 4.79 Å². The maximum atomic E-state index is 13.1. The summed E-state index contributed by atoms with van der Waals surface area (Å²) < 4.78 is 1.77. The second kappa shape index (κ2) is 6.45. The Kier molecular flexibility index (Phi) is 3.91. The highest BCUT2D eigenvalue weighted by Crippen LogP contribution is 2.30. The molecule has 1 saturated heterocycles. The molecule has 7 heteroatoms. The molecule has 0 atom stereocenters. The average Bonchev–Trinajstić information content (AvgIpc) is 3.31. The summed E-state index contributed by atoms with van der Waals surface area (Å²) in [6.45, 7) is 5.34. The molecule has 0 saturated carbocycles. The molecule has 7 nitrogen and oxygen atoms in total. The number of hydrogen-bond acceptors (Lipinski definition) is 4. The van der Waals surface area contributed by atoms with Gasteiger partial charge in [-0.2, -0.15) is 5.10 Å². The number of fused-ring (bicyclic) bond motifs is 2. The van der Waals surface area contributed by atoms with Crippen LogP contribution in [-0.4, -0.2) is 68.5 Å². The number of pyridine rings is 2. The second-order valence-electron chi connectivity index (χ2n) is 7.51. The molecule has 1 aliphatic heterocycles. The van der Waals surface area contributed by atoms with Crippen molar-refractivity contribution >= 4 is 22.5 Å². The third-order valence-corrected chi connectivity index (χ3v) is 5.52. The normalized spacial score (nSPS) is 15.6. The summed E-state index contributed by atoms with van der Waals surface area (Å²) in [5, 5.41) is 5.47.